The van der Waals surface area contributed by atoms with Crippen LogP contribution in [-0.2, 0) is 4.79 Å². The van der Waals surface area contributed by atoms with Gasteiger partial charge in [-0.05, 0) is 24.3 Å². The van der Waals surface area contributed by atoms with E-state index in [-0.39, 0.29) is 5.91 Å². The zero-order valence-corrected chi connectivity index (χ0v) is 12.5. The van der Waals surface area contributed by atoms with Gasteiger partial charge in [0.2, 0.25) is 5.91 Å². The normalized spacial score (nSPS) is 10.1. The molecule has 0 aliphatic heterocycles. The third-order valence-electron chi connectivity index (χ3n) is 2.56. The first-order chi connectivity index (χ1) is 9.21. The molecule has 19 heavy (non-hydrogen) atoms. The lowest BCUT2D eigenvalue weighted by atomic mass is 10.2. The summed E-state index contributed by atoms with van der Waals surface area (Å²) in [6.07, 6.45) is 2.30. The summed E-state index contributed by atoms with van der Waals surface area (Å²) < 4.78 is 10.3. The van der Waals surface area contributed by atoms with Crippen molar-refractivity contribution in [3.8, 4) is 11.5 Å². The fourth-order valence-electron chi connectivity index (χ4n) is 1.50. The Hall–Kier alpha value is -1.36. The molecule has 0 aliphatic carbocycles. The van der Waals surface area contributed by atoms with Gasteiger partial charge in [0.15, 0.2) is 0 Å². The van der Waals surface area contributed by atoms with Gasteiger partial charge in [0.25, 0.3) is 0 Å². The molecule has 1 N–H and O–H groups in total. The summed E-state index contributed by atoms with van der Waals surface area (Å²) in [5, 5.41) is 2.85. The van der Waals surface area contributed by atoms with Gasteiger partial charge in [-0.2, -0.15) is 11.8 Å². The number of unbranched alkanes of at least 4 members (excludes halogenated alkanes) is 1. The highest BCUT2D eigenvalue weighted by molar-refractivity contribution is 7.99. The quantitative estimate of drug-likeness (QED) is 0.744. The number of thioether (sulfide) groups is 1. The number of carbonyl (C=O) groups is 1. The summed E-state index contributed by atoms with van der Waals surface area (Å²) in [5.74, 6) is 2.78. The Morgan fingerprint density at radius 1 is 1.32 bits per heavy atom. The predicted octanol–water partition coefficient (Wildman–Crippen LogP) is 3.18. The summed E-state index contributed by atoms with van der Waals surface area (Å²) in [5.41, 5.74) is 0.671. The molecule has 0 atom stereocenters. The van der Waals surface area contributed by atoms with E-state index in [2.05, 4.69) is 12.2 Å². The van der Waals surface area contributed by atoms with E-state index in [0.717, 1.165) is 18.6 Å². The molecule has 1 amide bonds. The van der Waals surface area contributed by atoms with Gasteiger partial charge in [-0.3, -0.25) is 4.79 Å². The first kappa shape index (κ1) is 15.7. The van der Waals surface area contributed by atoms with Crippen LogP contribution in [0.25, 0.3) is 0 Å². The Morgan fingerprint density at radius 3 is 2.74 bits per heavy atom. The number of methoxy groups -OCH3 is 2. The van der Waals surface area contributed by atoms with Crippen LogP contribution in [0.4, 0.5) is 5.69 Å². The zero-order chi connectivity index (χ0) is 14.1. The first-order valence-electron chi connectivity index (χ1n) is 6.30. The topological polar surface area (TPSA) is 47.6 Å². The van der Waals surface area contributed by atoms with E-state index in [1.165, 1.54) is 0 Å². The van der Waals surface area contributed by atoms with Gasteiger partial charge in [0.1, 0.15) is 11.5 Å². The van der Waals surface area contributed by atoms with Crippen molar-refractivity contribution in [2.75, 3.05) is 31.0 Å². The van der Waals surface area contributed by atoms with Crippen molar-refractivity contribution < 1.29 is 14.3 Å². The van der Waals surface area contributed by atoms with Crippen molar-refractivity contribution in [1.82, 2.24) is 0 Å². The smallest absolute Gasteiger partial charge is 0.234 e. The number of anilines is 1. The van der Waals surface area contributed by atoms with Gasteiger partial charge in [0, 0.05) is 6.07 Å². The van der Waals surface area contributed by atoms with Gasteiger partial charge < -0.3 is 14.8 Å². The lowest BCUT2D eigenvalue weighted by Crippen LogP contribution is -2.15. The zero-order valence-electron chi connectivity index (χ0n) is 11.7. The second-order valence-electron chi connectivity index (χ2n) is 4.02. The molecular weight excluding hydrogens is 262 g/mol. The molecule has 1 aromatic carbocycles. The molecule has 0 bridgehead atoms. The van der Waals surface area contributed by atoms with E-state index in [4.69, 9.17) is 9.47 Å². The van der Waals surface area contributed by atoms with Crippen LogP contribution in [0.5, 0.6) is 11.5 Å². The summed E-state index contributed by atoms with van der Waals surface area (Å²) in [4.78, 5) is 11.8. The van der Waals surface area contributed by atoms with Gasteiger partial charge >= 0.3 is 0 Å². The standard InChI is InChI=1S/C14H21NO3S/c1-4-5-8-19-10-14(16)15-12-7-6-11(17-2)9-13(12)18-3/h6-7,9H,4-5,8,10H2,1-3H3,(H,15,16). The molecule has 5 heteroatoms. The van der Waals surface area contributed by atoms with Crippen molar-refractivity contribution in [3.63, 3.8) is 0 Å². The second-order valence-corrected chi connectivity index (χ2v) is 5.13. The molecule has 0 heterocycles. The Balaban J connectivity index is 2.53. The maximum absolute atomic E-state index is 11.8. The molecule has 0 saturated heterocycles. The van der Waals surface area contributed by atoms with E-state index in [9.17, 15) is 4.79 Å². The number of rotatable bonds is 8. The van der Waals surface area contributed by atoms with Crippen LogP contribution in [0.1, 0.15) is 19.8 Å². The molecule has 1 aromatic rings. The monoisotopic (exact) mass is 283 g/mol. The summed E-state index contributed by atoms with van der Waals surface area (Å²) in [7, 11) is 3.16. The van der Waals surface area contributed by atoms with E-state index in [0.29, 0.717) is 22.9 Å². The van der Waals surface area contributed by atoms with Crippen LogP contribution in [0, 0.1) is 0 Å². The van der Waals surface area contributed by atoms with E-state index in [1.54, 1.807) is 44.2 Å². The Kier molecular flexibility index (Phi) is 7.18. The fraction of sp³-hybridized carbons (Fsp3) is 0.500. The van der Waals surface area contributed by atoms with Crippen LogP contribution in [0.15, 0.2) is 18.2 Å². The number of nitrogens with one attached hydrogen (secondary N) is 1. The summed E-state index contributed by atoms with van der Waals surface area (Å²) in [6.45, 7) is 2.14. The number of hydrogen-bond donors (Lipinski definition) is 1. The summed E-state index contributed by atoms with van der Waals surface area (Å²) in [6, 6.07) is 5.33. The molecule has 106 valence electrons. The molecule has 0 aliphatic rings. The molecule has 0 aromatic heterocycles. The predicted molar refractivity (Wildman–Crippen MR) is 80.4 cm³/mol. The van der Waals surface area contributed by atoms with Crippen LogP contribution < -0.4 is 14.8 Å². The largest absolute Gasteiger partial charge is 0.497 e. The highest BCUT2D eigenvalue weighted by Crippen LogP contribution is 2.29. The minimum atomic E-state index is -0.00966. The average molecular weight is 283 g/mol. The number of carbonyl (C=O) groups excluding carboxylic acids is 1. The van der Waals surface area contributed by atoms with Crippen molar-refractivity contribution in [1.29, 1.82) is 0 Å². The number of benzene rings is 1. The Morgan fingerprint density at radius 2 is 2.11 bits per heavy atom. The molecule has 0 spiro atoms. The molecule has 0 saturated carbocycles. The van der Waals surface area contributed by atoms with Crippen molar-refractivity contribution in [3.05, 3.63) is 18.2 Å². The fourth-order valence-corrected chi connectivity index (χ4v) is 2.39. The van der Waals surface area contributed by atoms with Crippen LogP contribution in [0.2, 0.25) is 0 Å². The van der Waals surface area contributed by atoms with Gasteiger partial charge in [-0.25, -0.2) is 0 Å². The first-order valence-corrected chi connectivity index (χ1v) is 7.46. The van der Waals surface area contributed by atoms with E-state index in [1.807, 2.05) is 0 Å². The van der Waals surface area contributed by atoms with Crippen LogP contribution in [0.3, 0.4) is 0 Å². The lowest BCUT2D eigenvalue weighted by molar-refractivity contribution is -0.113. The van der Waals surface area contributed by atoms with Crippen molar-refractivity contribution in [2.24, 2.45) is 0 Å². The Bertz CT molecular complexity index is 410. The maximum Gasteiger partial charge on any atom is 0.234 e. The minimum absolute atomic E-state index is 0.00966. The maximum atomic E-state index is 11.8. The van der Waals surface area contributed by atoms with Crippen molar-refractivity contribution >= 4 is 23.4 Å². The molecule has 0 unspecified atom stereocenters. The van der Waals surface area contributed by atoms with Gasteiger partial charge in [-0.15, -0.1) is 0 Å². The van der Waals surface area contributed by atoms with E-state index < -0.39 is 0 Å². The summed E-state index contributed by atoms with van der Waals surface area (Å²) >= 11 is 1.65. The van der Waals surface area contributed by atoms with Crippen LogP contribution >= 0.6 is 11.8 Å². The third-order valence-corrected chi connectivity index (χ3v) is 3.60. The molecule has 0 fully saturated rings. The van der Waals surface area contributed by atoms with Gasteiger partial charge in [-0.1, -0.05) is 13.3 Å². The molecule has 0 radical (unpaired) electrons. The van der Waals surface area contributed by atoms with Crippen molar-refractivity contribution in [2.45, 2.75) is 19.8 Å². The lowest BCUT2D eigenvalue weighted by Gasteiger charge is -2.11. The van der Waals surface area contributed by atoms with Gasteiger partial charge in [0.05, 0.1) is 25.7 Å². The number of ether oxygens (including phenoxy) is 2. The third kappa shape index (κ3) is 5.42. The average Bonchev–Trinajstić information content (AvgIpc) is 2.44. The van der Waals surface area contributed by atoms with Crippen LogP contribution in [-0.4, -0.2) is 31.6 Å². The second kappa shape index (κ2) is 8.69. The molecular formula is C14H21NO3S. The number of amides is 1. The SMILES string of the molecule is CCCCSCC(=O)Nc1ccc(OC)cc1OC. The highest BCUT2D eigenvalue weighted by atomic mass is 32.2. The van der Waals surface area contributed by atoms with E-state index >= 15 is 0 Å². The Labute approximate surface area is 118 Å². The molecule has 1 rings (SSSR count). The number of hydrogen-bond acceptors (Lipinski definition) is 4. The highest BCUT2D eigenvalue weighted by Gasteiger charge is 2.08. The minimum Gasteiger partial charge on any atom is -0.497 e. The molecule has 4 nitrogen and oxygen atoms in total.